The molecular formula is C16H16F3NO. The quantitative estimate of drug-likeness (QED) is 0.904. The molecule has 0 amide bonds. The largest absolute Gasteiger partial charge is 0.469 e. The Morgan fingerprint density at radius 3 is 2.62 bits per heavy atom. The second-order valence-corrected chi connectivity index (χ2v) is 5.32. The van der Waals surface area contributed by atoms with Crippen LogP contribution < -0.4 is 5.32 Å². The third-order valence-electron chi connectivity index (χ3n) is 3.89. The predicted octanol–water partition coefficient (Wildman–Crippen LogP) is 4.47. The van der Waals surface area contributed by atoms with E-state index in [2.05, 4.69) is 5.32 Å². The van der Waals surface area contributed by atoms with Gasteiger partial charge in [0.2, 0.25) is 0 Å². The van der Waals surface area contributed by atoms with Crippen LogP contribution in [-0.4, -0.2) is 0 Å². The molecule has 0 saturated carbocycles. The summed E-state index contributed by atoms with van der Waals surface area (Å²) in [6, 6.07) is 7.49. The van der Waals surface area contributed by atoms with Gasteiger partial charge in [-0.2, -0.15) is 13.2 Å². The van der Waals surface area contributed by atoms with Gasteiger partial charge in [-0.05, 0) is 36.6 Å². The van der Waals surface area contributed by atoms with Gasteiger partial charge in [-0.3, -0.25) is 0 Å². The van der Waals surface area contributed by atoms with Crippen LogP contribution in [0.3, 0.4) is 0 Å². The van der Waals surface area contributed by atoms with E-state index in [9.17, 15) is 13.2 Å². The maximum absolute atomic E-state index is 12.5. The van der Waals surface area contributed by atoms with Crippen LogP contribution in [-0.2, 0) is 19.1 Å². The van der Waals surface area contributed by atoms with Gasteiger partial charge >= 0.3 is 6.18 Å². The Kier molecular flexibility index (Phi) is 3.76. The number of rotatable bonds is 3. The third kappa shape index (κ3) is 3.13. The molecule has 3 rings (SSSR count). The Balaban J connectivity index is 1.64. The molecule has 0 aliphatic heterocycles. The topological polar surface area (TPSA) is 25.2 Å². The van der Waals surface area contributed by atoms with E-state index in [1.165, 1.54) is 17.7 Å². The van der Waals surface area contributed by atoms with Crippen molar-refractivity contribution < 1.29 is 17.6 Å². The van der Waals surface area contributed by atoms with Gasteiger partial charge in [-0.1, -0.05) is 12.1 Å². The summed E-state index contributed by atoms with van der Waals surface area (Å²) in [6.07, 6.45) is 0.461. The molecule has 2 aromatic rings. The number of hydrogen-bond donors (Lipinski definition) is 1. The van der Waals surface area contributed by atoms with E-state index in [-0.39, 0.29) is 6.04 Å². The van der Waals surface area contributed by atoms with E-state index in [1.54, 1.807) is 6.26 Å². The van der Waals surface area contributed by atoms with E-state index < -0.39 is 11.7 Å². The van der Waals surface area contributed by atoms with Gasteiger partial charge in [0.25, 0.3) is 0 Å². The van der Waals surface area contributed by atoms with Gasteiger partial charge in [-0.15, -0.1) is 0 Å². The average Bonchev–Trinajstić information content (AvgIpc) is 2.93. The van der Waals surface area contributed by atoms with E-state index in [0.717, 1.165) is 42.7 Å². The summed E-state index contributed by atoms with van der Waals surface area (Å²) in [7, 11) is 0. The first-order chi connectivity index (χ1) is 10.0. The standard InChI is InChI=1S/C16H16F3NO/c17-16(18,19)12-6-4-11(5-7-12)10-20-14-2-1-3-15-13(14)8-9-21-15/h4-9,14,20H,1-3,10H2. The van der Waals surface area contributed by atoms with Crippen LogP contribution in [0.2, 0.25) is 0 Å². The first-order valence-corrected chi connectivity index (χ1v) is 7.00. The van der Waals surface area contributed by atoms with Crippen molar-refractivity contribution in [2.24, 2.45) is 0 Å². The molecule has 5 heteroatoms. The number of alkyl halides is 3. The fourth-order valence-corrected chi connectivity index (χ4v) is 2.75. The molecule has 112 valence electrons. The van der Waals surface area contributed by atoms with Crippen molar-refractivity contribution in [2.75, 3.05) is 0 Å². The summed E-state index contributed by atoms with van der Waals surface area (Å²) in [6.45, 7) is 0.549. The highest BCUT2D eigenvalue weighted by atomic mass is 19.4. The van der Waals surface area contributed by atoms with E-state index in [1.807, 2.05) is 6.07 Å². The number of aryl methyl sites for hydroxylation is 1. The molecule has 1 unspecified atom stereocenters. The third-order valence-corrected chi connectivity index (χ3v) is 3.89. The fourth-order valence-electron chi connectivity index (χ4n) is 2.75. The first-order valence-electron chi connectivity index (χ1n) is 7.00. The number of halogens is 3. The molecule has 1 aliphatic carbocycles. The maximum atomic E-state index is 12.5. The van der Waals surface area contributed by atoms with Crippen molar-refractivity contribution in [3.05, 3.63) is 59.0 Å². The van der Waals surface area contributed by atoms with Crippen LogP contribution >= 0.6 is 0 Å². The minimum atomic E-state index is -4.28. The number of benzene rings is 1. The fraction of sp³-hybridized carbons (Fsp3) is 0.375. The average molecular weight is 295 g/mol. The summed E-state index contributed by atoms with van der Waals surface area (Å²) < 4.78 is 42.9. The molecule has 1 N–H and O–H groups in total. The molecule has 0 spiro atoms. The van der Waals surface area contributed by atoms with Crippen molar-refractivity contribution in [1.29, 1.82) is 0 Å². The number of nitrogens with one attached hydrogen (secondary N) is 1. The zero-order valence-electron chi connectivity index (χ0n) is 11.4. The zero-order chi connectivity index (χ0) is 14.9. The molecular weight excluding hydrogens is 279 g/mol. The first kappa shape index (κ1) is 14.2. The summed E-state index contributed by atoms with van der Waals surface area (Å²) in [5, 5.41) is 3.40. The van der Waals surface area contributed by atoms with Crippen molar-refractivity contribution in [3.63, 3.8) is 0 Å². The monoisotopic (exact) mass is 295 g/mol. The number of furan rings is 1. The van der Waals surface area contributed by atoms with E-state index in [4.69, 9.17) is 4.42 Å². The molecule has 0 saturated heterocycles. The molecule has 0 fully saturated rings. The molecule has 1 aromatic heterocycles. The minimum Gasteiger partial charge on any atom is -0.469 e. The van der Waals surface area contributed by atoms with Crippen molar-refractivity contribution in [2.45, 2.75) is 38.0 Å². The Bertz CT molecular complexity index is 601. The molecule has 0 radical (unpaired) electrons. The lowest BCUT2D eigenvalue weighted by atomic mass is 9.93. The Morgan fingerprint density at radius 2 is 1.90 bits per heavy atom. The number of hydrogen-bond acceptors (Lipinski definition) is 2. The molecule has 21 heavy (non-hydrogen) atoms. The highest BCUT2D eigenvalue weighted by molar-refractivity contribution is 5.26. The lowest BCUT2D eigenvalue weighted by molar-refractivity contribution is -0.137. The summed E-state index contributed by atoms with van der Waals surface area (Å²) in [4.78, 5) is 0. The second-order valence-electron chi connectivity index (χ2n) is 5.32. The molecule has 1 aromatic carbocycles. The normalized spacial score (nSPS) is 18.5. The maximum Gasteiger partial charge on any atom is 0.416 e. The lowest BCUT2D eigenvalue weighted by Crippen LogP contribution is -2.24. The molecule has 0 bridgehead atoms. The summed E-state index contributed by atoms with van der Waals surface area (Å²) >= 11 is 0. The predicted molar refractivity (Wildman–Crippen MR) is 72.7 cm³/mol. The van der Waals surface area contributed by atoms with Crippen molar-refractivity contribution in [3.8, 4) is 0 Å². The van der Waals surface area contributed by atoms with Crippen LogP contribution in [0.15, 0.2) is 41.0 Å². The van der Waals surface area contributed by atoms with E-state index in [0.29, 0.717) is 6.54 Å². The van der Waals surface area contributed by atoms with Gasteiger partial charge in [0.1, 0.15) is 5.76 Å². The SMILES string of the molecule is FC(F)(F)c1ccc(CNC2CCCc3occc32)cc1. The second kappa shape index (κ2) is 5.56. The smallest absolute Gasteiger partial charge is 0.416 e. The molecule has 1 aliphatic rings. The lowest BCUT2D eigenvalue weighted by Gasteiger charge is -2.23. The molecule has 2 nitrogen and oxygen atoms in total. The highest BCUT2D eigenvalue weighted by Gasteiger charge is 2.30. The van der Waals surface area contributed by atoms with Crippen LogP contribution in [0.1, 0.15) is 41.3 Å². The van der Waals surface area contributed by atoms with E-state index >= 15 is 0 Å². The molecule has 1 atom stereocenters. The van der Waals surface area contributed by atoms with Gasteiger partial charge in [0.15, 0.2) is 0 Å². The Morgan fingerprint density at radius 1 is 1.14 bits per heavy atom. The Labute approximate surface area is 121 Å². The minimum absolute atomic E-state index is 0.217. The van der Waals surface area contributed by atoms with Gasteiger partial charge in [0, 0.05) is 24.6 Å². The summed E-state index contributed by atoms with van der Waals surface area (Å²) in [5.74, 6) is 1.02. The van der Waals surface area contributed by atoms with Crippen LogP contribution in [0.4, 0.5) is 13.2 Å². The van der Waals surface area contributed by atoms with Gasteiger partial charge in [-0.25, -0.2) is 0 Å². The van der Waals surface area contributed by atoms with Crippen LogP contribution in [0.5, 0.6) is 0 Å². The zero-order valence-corrected chi connectivity index (χ0v) is 11.4. The summed E-state index contributed by atoms with van der Waals surface area (Å²) in [5.41, 5.74) is 1.41. The van der Waals surface area contributed by atoms with Crippen molar-refractivity contribution in [1.82, 2.24) is 5.32 Å². The van der Waals surface area contributed by atoms with Crippen LogP contribution in [0, 0.1) is 0 Å². The van der Waals surface area contributed by atoms with Gasteiger partial charge in [0.05, 0.1) is 11.8 Å². The van der Waals surface area contributed by atoms with Gasteiger partial charge < -0.3 is 9.73 Å². The molecule has 1 heterocycles. The van der Waals surface area contributed by atoms with Crippen LogP contribution in [0.25, 0.3) is 0 Å². The van der Waals surface area contributed by atoms with Crippen molar-refractivity contribution >= 4 is 0 Å². The Hall–Kier alpha value is -1.75. The number of fused-ring (bicyclic) bond motifs is 1. The highest BCUT2D eigenvalue weighted by Crippen LogP contribution is 2.31.